The smallest absolute Gasteiger partial charge is 0.128 e. The zero-order chi connectivity index (χ0) is 14.7. The molecule has 2 heterocycles. The molecule has 0 bridgehead atoms. The lowest BCUT2D eigenvalue weighted by Gasteiger charge is -2.42. The summed E-state index contributed by atoms with van der Waals surface area (Å²) in [6, 6.07) is 5.35. The van der Waals surface area contributed by atoms with Crippen molar-refractivity contribution in [2.75, 3.05) is 18.0 Å². The van der Waals surface area contributed by atoms with Gasteiger partial charge in [-0.3, -0.25) is 0 Å². The van der Waals surface area contributed by atoms with Gasteiger partial charge < -0.3 is 10.2 Å². The van der Waals surface area contributed by atoms with E-state index in [4.69, 9.17) is 4.98 Å². The SMILES string of the molecule is CCNC(C)c1ccc(N2CC(C)CC(C)C2C)nc1. The van der Waals surface area contributed by atoms with Crippen LogP contribution in [0.4, 0.5) is 5.82 Å². The van der Waals surface area contributed by atoms with Crippen molar-refractivity contribution in [3.05, 3.63) is 23.9 Å². The minimum Gasteiger partial charge on any atom is -0.353 e. The molecule has 112 valence electrons. The molecule has 1 aromatic heterocycles. The van der Waals surface area contributed by atoms with E-state index >= 15 is 0 Å². The molecule has 0 aromatic carbocycles. The number of hydrogen-bond acceptors (Lipinski definition) is 3. The van der Waals surface area contributed by atoms with Crippen LogP contribution in [0, 0.1) is 11.8 Å². The van der Waals surface area contributed by atoms with E-state index in [1.165, 1.54) is 12.0 Å². The summed E-state index contributed by atoms with van der Waals surface area (Å²) >= 11 is 0. The molecule has 1 fully saturated rings. The van der Waals surface area contributed by atoms with E-state index in [2.05, 4.69) is 57.0 Å². The van der Waals surface area contributed by atoms with Crippen molar-refractivity contribution in [3.63, 3.8) is 0 Å². The summed E-state index contributed by atoms with van der Waals surface area (Å²) < 4.78 is 0. The van der Waals surface area contributed by atoms with Gasteiger partial charge in [0.05, 0.1) is 0 Å². The lowest BCUT2D eigenvalue weighted by atomic mass is 9.86. The van der Waals surface area contributed by atoms with Crippen molar-refractivity contribution in [2.24, 2.45) is 11.8 Å². The average molecular weight is 275 g/mol. The molecular formula is C17H29N3. The molecule has 3 heteroatoms. The van der Waals surface area contributed by atoms with Gasteiger partial charge in [0, 0.05) is 24.8 Å². The van der Waals surface area contributed by atoms with E-state index < -0.39 is 0 Å². The third-order valence-corrected chi connectivity index (χ3v) is 4.67. The number of nitrogens with zero attached hydrogens (tertiary/aromatic N) is 2. The van der Waals surface area contributed by atoms with Crippen molar-refractivity contribution in [1.29, 1.82) is 0 Å². The maximum Gasteiger partial charge on any atom is 0.128 e. The molecule has 0 spiro atoms. The summed E-state index contributed by atoms with van der Waals surface area (Å²) in [4.78, 5) is 7.18. The maximum atomic E-state index is 4.71. The van der Waals surface area contributed by atoms with Crippen LogP contribution in [-0.4, -0.2) is 24.1 Å². The first-order valence-corrected chi connectivity index (χ1v) is 7.98. The molecule has 0 amide bonds. The second-order valence-corrected chi connectivity index (χ2v) is 6.44. The second-order valence-electron chi connectivity index (χ2n) is 6.44. The van der Waals surface area contributed by atoms with Crippen LogP contribution in [-0.2, 0) is 0 Å². The Morgan fingerprint density at radius 3 is 2.70 bits per heavy atom. The van der Waals surface area contributed by atoms with E-state index in [1.807, 2.05) is 6.20 Å². The summed E-state index contributed by atoms with van der Waals surface area (Å²) in [5, 5.41) is 3.43. The van der Waals surface area contributed by atoms with Crippen LogP contribution in [0.25, 0.3) is 0 Å². The molecule has 1 aliphatic rings. The van der Waals surface area contributed by atoms with Gasteiger partial charge in [-0.2, -0.15) is 0 Å². The molecule has 4 unspecified atom stereocenters. The molecule has 0 radical (unpaired) electrons. The van der Waals surface area contributed by atoms with Crippen LogP contribution in [0.1, 0.15) is 52.6 Å². The molecule has 20 heavy (non-hydrogen) atoms. The summed E-state index contributed by atoms with van der Waals surface area (Å²) in [5.41, 5.74) is 1.27. The van der Waals surface area contributed by atoms with Gasteiger partial charge in [-0.05, 0) is 50.3 Å². The predicted octanol–water partition coefficient (Wildman–Crippen LogP) is 3.62. The van der Waals surface area contributed by atoms with Crippen LogP contribution in [0.15, 0.2) is 18.3 Å². The minimum atomic E-state index is 0.373. The zero-order valence-corrected chi connectivity index (χ0v) is 13.6. The molecule has 1 aliphatic heterocycles. The number of anilines is 1. The topological polar surface area (TPSA) is 28.2 Å². The Morgan fingerprint density at radius 1 is 1.35 bits per heavy atom. The highest BCUT2D eigenvalue weighted by molar-refractivity contribution is 5.41. The Labute approximate surface area is 123 Å². The van der Waals surface area contributed by atoms with E-state index in [-0.39, 0.29) is 0 Å². The fourth-order valence-corrected chi connectivity index (χ4v) is 3.27. The highest BCUT2D eigenvalue weighted by Gasteiger charge is 2.29. The van der Waals surface area contributed by atoms with E-state index in [9.17, 15) is 0 Å². The quantitative estimate of drug-likeness (QED) is 0.909. The summed E-state index contributed by atoms with van der Waals surface area (Å²) in [5.74, 6) is 2.62. The predicted molar refractivity (Wildman–Crippen MR) is 86.1 cm³/mol. The van der Waals surface area contributed by atoms with E-state index in [0.29, 0.717) is 12.1 Å². The minimum absolute atomic E-state index is 0.373. The molecule has 1 saturated heterocycles. The summed E-state index contributed by atoms with van der Waals surface area (Å²) in [7, 11) is 0. The number of aromatic nitrogens is 1. The standard InChI is InChI=1S/C17H29N3/c1-6-18-14(4)16-7-8-17(19-10-16)20-11-12(2)9-13(3)15(20)5/h7-8,10,12-15,18H,6,9,11H2,1-5H3. The summed E-state index contributed by atoms with van der Waals surface area (Å²) in [6.07, 6.45) is 3.35. The average Bonchev–Trinajstić information content (AvgIpc) is 2.43. The molecule has 1 aromatic rings. The molecule has 2 rings (SSSR count). The monoisotopic (exact) mass is 275 g/mol. The number of pyridine rings is 1. The van der Waals surface area contributed by atoms with Crippen molar-refractivity contribution >= 4 is 5.82 Å². The number of nitrogens with one attached hydrogen (secondary N) is 1. The van der Waals surface area contributed by atoms with Crippen LogP contribution < -0.4 is 10.2 Å². The van der Waals surface area contributed by atoms with E-state index in [0.717, 1.165) is 30.7 Å². The zero-order valence-electron chi connectivity index (χ0n) is 13.6. The Morgan fingerprint density at radius 2 is 2.10 bits per heavy atom. The van der Waals surface area contributed by atoms with Gasteiger partial charge in [0.2, 0.25) is 0 Å². The van der Waals surface area contributed by atoms with Gasteiger partial charge in [-0.25, -0.2) is 4.98 Å². The highest BCUT2D eigenvalue weighted by Crippen LogP contribution is 2.30. The van der Waals surface area contributed by atoms with Crippen molar-refractivity contribution < 1.29 is 0 Å². The molecule has 1 N–H and O–H groups in total. The normalized spacial score (nSPS) is 28.4. The van der Waals surface area contributed by atoms with Crippen molar-refractivity contribution in [1.82, 2.24) is 10.3 Å². The van der Waals surface area contributed by atoms with Crippen LogP contribution >= 0.6 is 0 Å². The van der Waals surface area contributed by atoms with Gasteiger partial charge in [-0.15, -0.1) is 0 Å². The molecule has 0 saturated carbocycles. The first-order valence-electron chi connectivity index (χ1n) is 7.98. The van der Waals surface area contributed by atoms with Crippen LogP contribution in [0.2, 0.25) is 0 Å². The van der Waals surface area contributed by atoms with Gasteiger partial charge in [0.1, 0.15) is 5.82 Å². The summed E-state index contributed by atoms with van der Waals surface area (Å²) in [6.45, 7) is 13.5. The van der Waals surface area contributed by atoms with Crippen LogP contribution in [0.5, 0.6) is 0 Å². The first-order chi connectivity index (χ1) is 9.52. The number of rotatable bonds is 4. The Hall–Kier alpha value is -1.09. The van der Waals surface area contributed by atoms with Crippen LogP contribution in [0.3, 0.4) is 0 Å². The Kier molecular flexibility index (Phi) is 5.03. The van der Waals surface area contributed by atoms with Gasteiger partial charge in [-0.1, -0.05) is 26.8 Å². The van der Waals surface area contributed by atoms with Crippen molar-refractivity contribution in [2.45, 2.75) is 53.1 Å². The first kappa shape index (κ1) is 15.3. The lowest BCUT2D eigenvalue weighted by Crippen LogP contribution is -2.46. The fourth-order valence-electron chi connectivity index (χ4n) is 3.27. The molecular weight excluding hydrogens is 246 g/mol. The third kappa shape index (κ3) is 3.32. The van der Waals surface area contributed by atoms with Gasteiger partial charge in [0.25, 0.3) is 0 Å². The third-order valence-electron chi connectivity index (χ3n) is 4.67. The van der Waals surface area contributed by atoms with Gasteiger partial charge >= 0.3 is 0 Å². The number of piperidine rings is 1. The molecule has 0 aliphatic carbocycles. The van der Waals surface area contributed by atoms with Crippen molar-refractivity contribution in [3.8, 4) is 0 Å². The highest BCUT2D eigenvalue weighted by atomic mass is 15.2. The molecule has 4 atom stereocenters. The second kappa shape index (κ2) is 6.57. The maximum absolute atomic E-state index is 4.71. The molecule has 3 nitrogen and oxygen atoms in total. The lowest BCUT2D eigenvalue weighted by molar-refractivity contribution is 0.295. The van der Waals surface area contributed by atoms with Gasteiger partial charge in [0.15, 0.2) is 0 Å². The Balaban J connectivity index is 2.12. The van der Waals surface area contributed by atoms with E-state index in [1.54, 1.807) is 0 Å². The fraction of sp³-hybridized carbons (Fsp3) is 0.706. The Bertz CT molecular complexity index is 415. The largest absolute Gasteiger partial charge is 0.353 e. The number of hydrogen-bond donors (Lipinski definition) is 1.